The van der Waals surface area contributed by atoms with Crippen LogP contribution in [0.25, 0.3) is 0 Å². The summed E-state index contributed by atoms with van der Waals surface area (Å²) < 4.78 is 0. The molecule has 6 unspecified atom stereocenters. The van der Waals surface area contributed by atoms with Crippen LogP contribution in [-0.4, -0.2) is 36.3 Å². The molecule has 140 valence electrons. The number of rotatable bonds is 5. The average Bonchev–Trinajstić information content (AvgIpc) is 3.04. The molecule has 0 aromatic heterocycles. The smallest absolute Gasteiger partial charge is 0.0773 e. The number of fused-ring (bicyclic) bond motifs is 3. The van der Waals surface area contributed by atoms with Crippen LogP contribution in [0.5, 0.6) is 0 Å². The molecule has 27 heavy (non-hydrogen) atoms. The molecular formula is C25H30N2. The molecule has 1 fully saturated rings. The third-order valence-electron chi connectivity index (χ3n) is 7.35. The number of hydrogen-bond donors (Lipinski definition) is 0. The number of nitrogens with zero attached hydrogens (tertiary/aromatic N) is 2. The van der Waals surface area contributed by atoms with Crippen LogP contribution in [0.3, 0.4) is 0 Å². The summed E-state index contributed by atoms with van der Waals surface area (Å²) in [6, 6.07) is 12.0. The normalized spacial score (nSPS) is 39.2. The quantitative estimate of drug-likeness (QED) is 0.697. The fourth-order valence-corrected chi connectivity index (χ4v) is 5.71. The van der Waals surface area contributed by atoms with Gasteiger partial charge in [0.15, 0.2) is 0 Å². The summed E-state index contributed by atoms with van der Waals surface area (Å²) in [5.74, 6) is 2.05. The van der Waals surface area contributed by atoms with Gasteiger partial charge in [-0.25, -0.2) is 0 Å². The van der Waals surface area contributed by atoms with Crippen LogP contribution in [0.4, 0.5) is 0 Å². The second-order valence-corrected chi connectivity index (χ2v) is 9.06. The highest BCUT2D eigenvalue weighted by atomic mass is 15.2. The number of aliphatic imine (C=N–C) groups is 1. The van der Waals surface area contributed by atoms with Crippen LogP contribution < -0.4 is 0 Å². The van der Waals surface area contributed by atoms with Gasteiger partial charge in [0.1, 0.15) is 0 Å². The van der Waals surface area contributed by atoms with E-state index in [-0.39, 0.29) is 5.41 Å². The molecule has 0 spiro atoms. The van der Waals surface area contributed by atoms with Gasteiger partial charge in [0.25, 0.3) is 0 Å². The minimum Gasteiger partial charge on any atom is -0.296 e. The van der Waals surface area contributed by atoms with Crippen molar-refractivity contribution in [3.05, 3.63) is 72.4 Å². The zero-order chi connectivity index (χ0) is 18.3. The molecule has 2 heteroatoms. The Hall–Kier alpha value is -1.93. The molecule has 6 rings (SSSR count). The second-order valence-electron chi connectivity index (χ2n) is 9.06. The van der Waals surface area contributed by atoms with Crippen LogP contribution >= 0.6 is 0 Å². The second kappa shape index (κ2) is 6.91. The van der Waals surface area contributed by atoms with Crippen molar-refractivity contribution in [2.45, 2.75) is 38.3 Å². The molecule has 0 N–H and O–H groups in total. The van der Waals surface area contributed by atoms with E-state index < -0.39 is 0 Å². The third kappa shape index (κ3) is 3.14. The van der Waals surface area contributed by atoms with Gasteiger partial charge in [-0.05, 0) is 43.2 Å². The molecule has 3 aliphatic heterocycles. The largest absolute Gasteiger partial charge is 0.296 e. The van der Waals surface area contributed by atoms with Crippen molar-refractivity contribution in [1.82, 2.24) is 4.90 Å². The van der Waals surface area contributed by atoms with Crippen LogP contribution in [0.2, 0.25) is 0 Å². The van der Waals surface area contributed by atoms with E-state index >= 15 is 0 Å². The molecule has 1 saturated heterocycles. The lowest BCUT2D eigenvalue weighted by molar-refractivity contribution is 0.0764. The molecule has 2 nitrogen and oxygen atoms in total. The summed E-state index contributed by atoms with van der Waals surface area (Å²) >= 11 is 0. The number of hydrogen-bond acceptors (Lipinski definition) is 2. The highest BCUT2D eigenvalue weighted by Crippen LogP contribution is 2.43. The Kier molecular flexibility index (Phi) is 4.40. The topological polar surface area (TPSA) is 15.6 Å². The molecule has 0 radical (unpaired) electrons. The Morgan fingerprint density at radius 1 is 1.11 bits per heavy atom. The fourth-order valence-electron chi connectivity index (χ4n) is 5.71. The number of allylic oxidation sites excluding steroid dienone is 2. The fraction of sp³-hybridized carbons (Fsp3) is 0.480. The molecule has 2 bridgehead atoms. The van der Waals surface area contributed by atoms with E-state index in [1.807, 2.05) is 0 Å². The Bertz CT molecular complexity index is 790. The van der Waals surface area contributed by atoms with Crippen LogP contribution in [0.1, 0.15) is 25.3 Å². The van der Waals surface area contributed by atoms with Gasteiger partial charge in [-0.15, -0.1) is 0 Å². The molecular weight excluding hydrogens is 328 g/mol. The highest BCUT2D eigenvalue weighted by Gasteiger charge is 2.43. The van der Waals surface area contributed by atoms with Crippen molar-refractivity contribution in [2.75, 3.05) is 13.1 Å². The monoisotopic (exact) mass is 358 g/mol. The van der Waals surface area contributed by atoms with Gasteiger partial charge in [0.05, 0.1) is 6.04 Å². The maximum Gasteiger partial charge on any atom is 0.0773 e. The third-order valence-corrected chi connectivity index (χ3v) is 7.35. The van der Waals surface area contributed by atoms with Gasteiger partial charge in [-0.1, -0.05) is 73.7 Å². The predicted octanol–water partition coefficient (Wildman–Crippen LogP) is 4.70. The van der Waals surface area contributed by atoms with Gasteiger partial charge in [-0.3, -0.25) is 9.89 Å². The van der Waals surface area contributed by atoms with E-state index in [2.05, 4.69) is 84.8 Å². The van der Waals surface area contributed by atoms with E-state index in [1.165, 1.54) is 37.9 Å². The Morgan fingerprint density at radius 3 is 2.85 bits per heavy atom. The van der Waals surface area contributed by atoms with E-state index in [0.717, 1.165) is 11.8 Å². The summed E-state index contributed by atoms with van der Waals surface area (Å²) in [5, 5.41) is 0. The minimum atomic E-state index is 0.183. The summed E-state index contributed by atoms with van der Waals surface area (Å²) in [5.41, 5.74) is 1.67. The Balaban J connectivity index is 1.25. The SMILES string of the molecule is CC12C=CC=CC1N=CC2CCN1CC2C=CC1C(Cc1ccccc1)C2. The first-order valence-corrected chi connectivity index (χ1v) is 10.6. The Morgan fingerprint density at radius 2 is 2.00 bits per heavy atom. The van der Waals surface area contributed by atoms with Gasteiger partial charge >= 0.3 is 0 Å². The molecule has 6 atom stereocenters. The lowest BCUT2D eigenvalue weighted by Crippen LogP contribution is -2.51. The summed E-state index contributed by atoms with van der Waals surface area (Å²) in [6.07, 6.45) is 20.0. The number of piperidine rings is 1. The maximum atomic E-state index is 4.80. The molecule has 3 heterocycles. The molecule has 0 amide bonds. The maximum absolute atomic E-state index is 4.80. The van der Waals surface area contributed by atoms with Crippen molar-refractivity contribution in [3.8, 4) is 0 Å². The zero-order valence-electron chi connectivity index (χ0n) is 16.2. The lowest BCUT2D eigenvalue weighted by Gasteiger charge is -2.47. The minimum absolute atomic E-state index is 0.183. The molecule has 1 aromatic carbocycles. The lowest BCUT2D eigenvalue weighted by atomic mass is 9.70. The average molecular weight is 359 g/mol. The standard InChI is InChI=1S/C25H30N2/c1-25-13-6-5-9-24(25)26-17-22(25)12-14-27-18-20-10-11-23(27)21(16-20)15-19-7-3-2-4-8-19/h2-11,13,17,20-24H,12,14-16,18H2,1H3. The van der Waals surface area contributed by atoms with Crippen molar-refractivity contribution < 1.29 is 0 Å². The summed E-state index contributed by atoms with van der Waals surface area (Å²) in [7, 11) is 0. The van der Waals surface area contributed by atoms with Crippen molar-refractivity contribution >= 4 is 6.21 Å². The summed E-state index contributed by atoms with van der Waals surface area (Å²) in [4.78, 5) is 7.56. The van der Waals surface area contributed by atoms with Gasteiger partial charge < -0.3 is 0 Å². The first-order chi connectivity index (χ1) is 13.2. The van der Waals surface area contributed by atoms with Crippen LogP contribution in [-0.2, 0) is 6.42 Å². The summed E-state index contributed by atoms with van der Waals surface area (Å²) in [6.45, 7) is 4.81. The molecule has 1 aromatic rings. The first kappa shape index (κ1) is 17.2. The molecule has 2 aliphatic carbocycles. The van der Waals surface area contributed by atoms with Crippen molar-refractivity contribution in [3.63, 3.8) is 0 Å². The predicted molar refractivity (Wildman–Crippen MR) is 113 cm³/mol. The van der Waals surface area contributed by atoms with Crippen molar-refractivity contribution in [2.24, 2.45) is 28.2 Å². The van der Waals surface area contributed by atoms with Crippen molar-refractivity contribution in [1.29, 1.82) is 0 Å². The van der Waals surface area contributed by atoms with Crippen LogP contribution in [0.15, 0.2) is 71.8 Å². The molecule has 5 aliphatic rings. The first-order valence-electron chi connectivity index (χ1n) is 10.6. The van der Waals surface area contributed by atoms with Gasteiger partial charge in [0.2, 0.25) is 0 Å². The van der Waals surface area contributed by atoms with E-state index in [4.69, 9.17) is 4.99 Å². The Labute approximate surface area is 163 Å². The highest BCUT2D eigenvalue weighted by molar-refractivity contribution is 5.67. The van der Waals surface area contributed by atoms with Crippen LogP contribution in [0, 0.1) is 23.2 Å². The van der Waals surface area contributed by atoms with E-state index in [1.54, 1.807) is 0 Å². The van der Waals surface area contributed by atoms with E-state index in [0.29, 0.717) is 18.0 Å². The zero-order valence-corrected chi connectivity index (χ0v) is 16.2. The van der Waals surface area contributed by atoms with E-state index in [9.17, 15) is 0 Å². The van der Waals surface area contributed by atoms with Gasteiger partial charge in [-0.2, -0.15) is 0 Å². The number of benzene rings is 1. The molecule has 0 saturated carbocycles. The van der Waals surface area contributed by atoms with Gasteiger partial charge in [0, 0.05) is 30.1 Å².